The molecular weight excluding hydrogens is 186 g/mol. The van der Waals surface area contributed by atoms with Crippen molar-refractivity contribution in [2.45, 2.75) is 11.3 Å². The quantitative estimate of drug-likeness (QED) is 0.666. The van der Waals surface area contributed by atoms with E-state index in [4.69, 9.17) is 0 Å². The first-order valence-electron chi connectivity index (χ1n) is 4.21. The Bertz CT molecular complexity index is 319. The summed E-state index contributed by atoms with van der Waals surface area (Å²) in [5.41, 5.74) is 1.11. The Morgan fingerprint density at radius 1 is 1.23 bits per heavy atom. The van der Waals surface area contributed by atoms with Crippen molar-refractivity contribution in [1.29, 1.82) is 0 Å². The summed E-state index contributed by atoms with van der Waals surface area (Å²) in [6.07, 6.45) is 1.23. The van der Waals surface area contributed by atoms with Crippen molar-refractivity contribution in [3.8, 4) is 0 Å². The maximum atomic E-state index is 10.6. The van der Waals surface area contributed by atoms with Crippen LogP contribution in [0.1, 0.15) is 6.42 Å². The van der Waals surface area contributed by atoms with E-state index in [1.54, 1.807) is 12.1 Å². The van der Waals surface area contributed by atoms with E-state index < -0.39 is 11.1 Å². The first-order valence-corrected chi connectivity index (χ1v) is 5.29. The van der Waals surface area contributed by atoms with Crippen molar-refractivity contribution in [2.24, 2.45) is 0 Å². The lowest BCUT2D eigenvalue weighted by Gasteiger charge is -2.33. The van der Waals surface area contributed by atoms with Gasteiger partial charge in [-0.05, 0) is 41.8 Å². The van der Waals surface area contributed by atoms with Crippen LogP contribution >= 0.6 is 0 Å². The fourth-order valence-corrected chi connectivity index (χ4v) is 1.70. The Morgan fingerprint density at radius 3 is 2.23 bits per heavy atom. The number of benzene rings is 1. The normalized spacial score (nSPS) is 18.1. The van der Waals surface area contributed by atoms with E-state index in [0.29, 0.717) is 4.90 Å². The van der Waals surface area contributed by atoms with Gasteiger partial charge in [0, 0.05) is 23.7 Å². The summed E-state index contributed by atoms with van der Waals surface area (Å²) in [6, 6.07) is 6.97. The topological polar surface area (TPSA) is 43.4 Å². The van der Waals surface area contributed by atoms with E-state index >= 15 is 0 Å². The molecule has 1 aromatic carbocycles. The van der Waals surface area contributed by atoms with Crippen LogP contribution in [-0.4, -0.2) is 21.9 Å². The third-order valence-corrected chi connectivity index (χ3v) is 2.91. The molecule has 0 bridgehead atoms. The SMILES string of the molecule is O=S([O-])c1ccc(N2CCC2)cc1. The van der Waals surface area contributed by atoms with Gasteiger partial charge in [0.25, 0.3) is 0 Å². The highest BCUT2D eigenvalue weighted by molar-refractivity contribution is 7.79. The molecule has 0 spiro atoms. The molecule has 0 amide bonds. The molecule has 0 saturated carbocycles. The number of rotatable bonds is 2. The third kappa shape index (κ3) is 1.73. The standard InChI is InChI=1S/C9H11NO2S/c11-13(12)9-4-2-8(3-5-9)10-6-1-7-10/h2-5H,1,6-7H2,(H,11,12)/p-1. The molecule has 1 aliphatic rings. The summed E-state index contributed by atoms with van der Waals surface area (Å²) < 4.78 is 21.1. The minimum atomic E-state index is -2.10. The van der Waals surface area contributed by atoms with Crippen LogP contribution in [0.5, 0.6) is 0 Å². The molecule has 1 aliphatic heterocycles. The van der Waals surface area contributed by atoms with Gasteiger partial charge in [-0.3, -0.25) is 4.21 Å². The van der Waals surface area contributed by atoms with Crippen LogP contribution in [-0.2, 0) is 11.1 Å². The molecule has 4 heteroatoms. The smallest absolute Gasteiger partial charge is 0.0367 e. The molecular formula is C9H10NO2S-. The van der Waals surface area contributed by atoms with Crippen molar-refractivity contribution in [2.75, 3.05) is 18.0 Å². The zero-order valence-electron chi connectivity index (χ0n) is 7.10. The number of nitrogens with zero attached hydrogens (tertiary/aromatic N) is 1. The number of anilines is 1. The molecule has 0 N–H and O–H groups in total. The van der Waals surface area contributed by atoms with Gasteiger partial charge in [-0.1, -0.05) is 0 Å². The van der Waals surface area contributed by atoms with Gasteiger partial charge in [-0.25, -0.2) is 0 Å². The average Bonchev–Trinajstić information content (AvgIpc) is 2.02. The van der Waals surface area contributed by atoms with Gasteiger partial charge in [0.2, 0.25) is 0 Å². The second-order valence-electron chi connectivity index (χ2n) is 3.07. The second kappa shape index (κ2) is 3.47. The van der Waals surface area contributed by atoms with Crippen molar-refractivity contribution >= 4 is 16.8 Å². The summed E-state index contributed by atoms with van der Waals surface area (Å²) in [4.78, 5) is 2.57. The molecule has 3 nitrogen and oxygen atoms in total. The summed E-state index contributed by atoms with van der Waals surface area (Å²) in [5, 5.41) is 0. The Balaban J connectivity index is 2.17. The van der Waals surface area contributed by atoms with E-state index in [1.165, 1.54) is 6.42 Å². The van der Waals surface area contributed by atoms with Crippen LogP contribution in [0.2, 0.25) is 0 Å². The molecule has 1 unspecified atom stereocenters. The van der Waals surface area contributed by atoms with Gasteiger partial charge in [-0.15, -0.1) is 0 Å². The zero-order chi connectivity index (χ0) is 9.26. The summed E-state index contributed by atoms with van der Waals surface area (Å²) in [6.45, 7) is 2.17. The highest BCUT2D eigenvalue weighted by atomic mass is 32.2. The van der Waals surface area contributed by atoms with E-state index in [0.717, 1.165) is 18.8 Å². The van der Waals surface area contributed by atoms with E-state index in [9.17, 15) is 8.76 Å². The molecule has 2 rings (SSSR count). The van der Waals surface area contributed by atoms with Gasteiger partial charge >= 0.3 is 0 Å². The van der Waals surface area contributed by atoms with Gasteiger partial charge in [0.15, 0.2) is 0 Å². The fourth-order valence-electron chi connectivity index (χ4n) is 1.34. The van der Waals surface area contributed by atoms with Crippen molar-refractivity contribution < 1.29 is 8.76 Å². The second-order valence-corrected chi connectivity index (χ2v) is 4.01. The predicted octanol–water partition coefficient (Wildman–Crippen LogP) is 1.13. The number of hydrogen-bond donors (Lipinski definition) is 0. The van der Waals surface area contributed by atoms with Gasteiger partial charge < -0.3 is 9.45 Å². The first-order chi connectivity index (χ1) is 6.27. The summed E-state index contributed by atoms with van der Waals surface area (Å²) >= 11 is -2.10. The van der Waals surface area contributed by atoms with Gasteiger partial charge in [0.1, 0.15) is 0 Å². The predicted molar refractivity (Wildman–Crippen MR) is 50.5 cm³/mol. The lowest BCUT2D eigenvalue weighted by Crippen LogP contribution is -2.36. The van der Waals surface area contributed by atoms with E-state index in [2.05, 4.69) is 4.90 Å². The van der Waals surface area contributed by atoms with Gasteiger partial charge in [-0.2, -0.15) is 0 Å². The molecule has 1 atom stereocenters. The maximum Gasteiger partial charge on any atom is 0.0367 e. The molecule has 1 aromatic rings. The zero-order valence-corrected chi connectivity index (χ0v) is 7.92. The Morgan fingerprint density at radius 2 is 1.85 bits per heavy atom. The highest BCUT2D eigenvalue weighted by Crippen LogP contribution is 2.21. The van der Waals surface area contributed by atoms with Crippen LogP contribution < -0.4 is 4.90 Å². The molecule has 13 heavy (non-hydrogen) atoms. The van der Waals surface area contributed by atoms with Gasteiger partial charge in [0.05, 0.1) is 0 Å². The fraction of sp³-hybridized carbons (Fsp3) is 0.333. The van der Waals surface area contributed by atoms with Crippen molar-refractivity contribution in [3.63, 3.8) is 0 Å². The molecule has 1 fully saturated rings. The molecule has 1 heterocycles. The Hall–Kier alpha value is -0.870. The monoisotopic (exact) mass is 196 g/mol. The van der Waals surface area contributed by atoms with Crippen LogP contribution in [0.4, 0.5) is 5.69 Å². The first kappa shape index (κ1) is 8.72. The summed E-state index contributed by atoms with van der Waals surface area (Å²) in [5.74, 6) is 0. The molecule has 0 aromatic heterocycles. The molecule has 70 valence electrons. The molecule has 0 aliphatic carbocycles. The summed E-state index contributed by atoms with van der Waals surface area (Å²) in [7, 11) is 0. The Labute approximate surface area is 79.7 Å². The largest absolute Gasteiger partial charge is 0.768 e. The minimum absolute atomic E-state index is 0.351. The lowest BCUT2D eigenvalue weighted by atomic mass is 10.2. The minimum Gasteiger partial charge on any atom is -0.768 e. The average molecular weight is 196 g/mol. The van der Waals surface area contributed by atoms with Crippen LogP contribution in [0, 0.1) is 0 Å². The molecule has 0 radical (unpaired) electrons. The highest BCUT2D eigenvalue weighted by Gasteiger charge is 2.13. The Kier molecular flexibility index (Phi) is 2.33. The molecule has 1 saturated heterocycles. The van der Waals surface area contributed by atoms with E-state index in [-0.39, 0.29) is 0 Å². The van der Waals surface area contributed by atoms with Crippen molar-refractivity contribution in [3.05, 3.63) is 24.3 Å². The van der Waals surface area contributed by atoms with Crippen LogP contribution in [0.25, 0.3) is 0 Å². The maximum absolute atomic E-state index is 10.6. The van der Waals surface area contributed by atoms with E-state index in [1.807, 2.05) is 12.1 Å². The lowest BCUT2D eigenvalue weighted by molar-refractivity contribution is 0.537. The van der Waals surface area contributed by atoms with Crippen molar-refractivity contribution in [1.82, 2.24) is 0 Å². The number of hydrogen-bond acceptors (Lipinski definition) is 3. The third-order valence-electron chi connectivity index (χ3n) is 2.25. The van der Waals surface area contributed by atoms with Crippen LogP contribution in [0.3, 0.4) is 0 Å². The van der Waals surface area contributed by atoms with Crippen LogP contribution in [0.15, 0.2) is 29.2 Å².